The molecule has 2 amide bonds. The van der Waals surface area contributed by atoms with E-state index in [0.717, 1.165) is 0 Å². The summed E-state index contributed by atoms with van der Waals surface area (Å²) >= 11 is 0. The third-order valence-corrected chi connectivity index (χ3v) is 3.24. The van der Waals surface area contributed by atoms with Gasteiger partial charge in [-0.05, 0) is 25.1 Å². The van der Waals surface area contributed by atoms with Crippen LogP contribution < -0.4 is 16.2 Å². The van der Waals surface area contributed by atoms with Crippen molar-refractivity contribution in [3.63, 3.8) is 0 Å². The normalized spacial score (nSPS) is 16.3. The van der Waals surface area contributed by atoms with Gasteiger partial charge in [-0.15, -0.1) is 0 Å². The molecule has 4 N–H and O–H groups in total. The summed E-state index contributed by atoms with van der Waals surface area (Å²) in [6, 6.07) is 4.57. The SMILES string of the molecule is CC(Oc1ccc(N)cc1C(N)=O)C(=O)N1CCOCC1. The summed E-state index contributed by atoms with van der Waals surface area (Å²) in [5.74, 6) is -0.542. The summed E-state index contributed by atoms with van der Waals surface area (Å²) in [5, 5.41) is 0. The van der Waals surface area contributed by atoms with Gasteiger partial charge in [0.2, 0.25) is 0 Å². The molecular weight excluding hydrogens is 274 g/mol. The third-order valence-electron chi connectivity index (χ3n) is 3.24. The second kappa shape index (κ2) is 6.45. The van der Waals surface area contributed by atoms with Gasteiger partial charge in [0, 0.05) is 18.8 Å². The highest BCUT2D eigenvalue weighted by atomic mass is 16.5. The van der Waals surface area contributed by atoms with Gasteiger partial charge >= 0.3 is 0 Å². The van der Waals surface area contributed by atoms with E-state index in [1.807, 2.05) is 0 Å². The van der Waals surface area contributed by atoms with Crippen molar-refractivity contribution in [3.05, 3.63) is 23.8 Å². The van der Waals surface area contributed by atoms with E-state index in [2.05, 4.69) is 0 Å². The first kappa shape index (κ1) is 15.1. The minimum atomic E-state index is -0.718. The maximum atomic E-state index is 12.3. The maximum absolute atomic E-state index is 12.3. The van der Waals surface area contributed by atoms with Crippen LogP contribution >= 0.6 is 0 Å². The van der Waals surface area contributed by atoms with Crippen molar-refractivity contribution in [1.82, 2.24) is 4.90 Å². The monoisotopic (exact) mass is 293 g/mol. The molecule has 0 aliphatic carbocycles. The molecule has 1 unspecified atom stereocenters. The molecule has 1 heterocycles. The fourth-order valence-electron chi connectivity index (χ4n) is 2.12. The molecule has 0 radical (unpaired) electrons. The van der Waals surface area contributed by atoms with Crippen LogP contribution in [0.2, 0.25) is 0 Å². The molecule has 2 rings (SSSR count). The molecule has 114 valence electrons. The molecule has 0 saturated carbocycles. The Hall–Kier alpha value is -2.28. The number of hydrogen-bond acceptors (Lipinski definition) is 5. The van der Waals surface area contributed by atoms with Crippen LogP contribution in [-0.2, 0) is 9.53 Å². The van der Waals surface area contributed by atoms with Crippen LogP contribution in [0.25, 0.3) is 0 Å². The Bertz CT molecular complexity index is 541. The lowest BCUT2D eigenvalue weighted by Gasteiger charge is -2.29. The van der Waals surface area contributed by atoms with Crippen molar-refractivity contribution >= 4 is 17.5 Å². The summed E-state index contributed by atoms with van der Waals surface area (Å²) in [6.07, 6.45) is -0.718. The van der Waals surface area contributed by atoms with Crippen LogP contribution in [0.5, 0.6) is 5.75 Å². The van der Waals surface area contributed by atoms with Crippen LogP contribution in [0.1, 0.15) is 17.3 Å². The number of morpholine rings is 1. The fraction of sp³-hybridized carbons (Fsp3) is 0.429. The van der Waals surface area contributed by atoms with Crippen LogP contribution in [0.3, 0.4) is 0 Å². The number of nitrogen functional groups attached to an aromatic ring is 1. The molecule has 1 aromatic rings. The average molecular weight is 293 g/mol. The predicted molar refractivity (Wildman–Crippen MR) is 76.9 cm³/mol. The van der Waals surface area contributed by atoms with Crippen molar-refractivity contribution in [2.75, 3.05) is 32.0 Å². The first-order valence-corrected chi connectivity index (χ1v) is 6.71. The van der Waals surface area contributed by atoms with Gasteiger partial charge in [0.05, 0.1) is 18.8 Å². The molecule has 7 nitrogen and oxygen atoms in total. The van der Waals surface area contributed by atoms with E-state index >= 15 is 0 Å². The number of carbonyl (C=O) groups excluding carboxylic acids is 2. The van der Waals surface area contributed by atoms with E-state index in [-0.39, 0.29) is 17.2 Å². The standard InChI is InChI=1S/C14H19N3O4/c1-9(14(19)17-4-6-20-7-5-17)21-12-3-2-10(15)8-11(12)13(16)18/h2-3,8-9H,4-7,15H2,1H3,(H2,16,18). The number of amides is 2. The van der Waals surface area contributed by atoms with E-state index in [0.29, 0.717) is 32.0 Å². The number of primary amides is 1. The second-order valence-corrected chi connectivity index (χ2v) is 4.82. The predicted octanol–water partition coefficient (Wildman–Crippen LogP) is -0.00620. The van der Waals surface area contributed by atoms with Crippen LogP contribution in [0.15, 0.2) is 18.2 Å². The topological polar surface area (TPSA) is 108 Å². The number of carbonyl (C=O) groups is 2. The Labute approximate surface area is 122 Å². The number of nitrogens with zero attached hydrogens (tertiary/aromatic N) is 1. The Morgan fingerprint density at radius 1 is 1.33 bits per heavy atom. The summed E-state index contributed by atoms with van der Waals surface area (Å²) in [7, 11) is 0. The summed E-state index contributed by atoms with van der Waals surface area (Å²) in [4.78, 5) is 25.3. The van der Waals surface area contributed by atoms with E-state index in [1.165, 1.54) is 6.07 Å². The van der Waals surface area contributed by atoms with Gasteiger partial charge in [0.15, 0.2) is 6.10 Å². The molecule has 1 aromatic carbocycles. The number of benzene rings is 1. The molecule has 7 heteroatoms. The van der Waals surface area contributed by atoms with E-state index in [1.54, 1.807) is 24.0 Å². The number of rotatable bonds is 4. The Morgan fingerprint density at radius 2 is 2.00 bits per heavy atom. The zero-order chi connectivity index (χ0) is 15.4. The van der Waals surface area contributed by atoms with E-state index in [9.17, 15) is 9.59 Å². The third kappa shape index (κ3) is 3.63. The molecule has 1 aliphatic rings. The highest BCUT2D eigenvalue weighted by Gasteiger charge is 2.25. The van der Waals surface area contributed by atoms with Crippen molar-refractivity contribution in [2.45, 2.75) is 13.0 Å². The molecule has 0 aromatic heterocycles. The highest BCUT2D eigenvalue weighted by Crippen LogP contribution is 2.22. The van der Waals surface area contributed by atoms with Crippen molar-refractivity contribution < 1.29 is 19.1 Å². The van der Waals surface area contributed by atoms with Crippen LogP contribution in [0, 0.1) is 0 Å². The number of nitrogens with two attached hydrogens (primary N) is 2. The largest absolute Gasteiger partial charge is 0.480 e. The number of hydrogen-bond donors (Lipinski definition) is 2. The Morgan fingerprint density at radius 3 is 2.62 bits per heavy atom. The lowest BCUT2D eigenvalue weighted by atomic mass is 10.1. The summed E-state index contributed by atoms with van der Waals surface area (Å²) in [5.41, 5.74) is 11.5. The van der Waals surface area contributed by atoms with Gasteiger partial charge in [-0.1, -0.05) is 0 Å². The minimum absolute atomic E-state index is 0.148. The quantitative estimate of drug-likeness (QED) is 0.759. The molecule has 0 spiro atoms. The minimum Gasteiger partial charge on any atom is -0.480 e. The smallest absolute Gasteiger partial charge is 0.263 e. The van der Waals surface area contributed by atoms with Gasteiger partial charge in [-0.25, -0.2) is 0 Å². The van der Waals surface area contributed by atoms with Crippen LogP contribution in [-0.4, -0.2) is 49.1 Å². The van der Waals surface area contributed by atoms with Gasteiger partial charge in [0.25, 0.3) is 11.8 Å². The Kier molecular flexibility index (Phi) is 4.64. The van der Waals surface area contributed by atoms with E-state index in [4.69, 9.17) is 20.9 Å². The molecule has 1 aliphatic heterocycles. The maximum Gasteiger partial charge on any atom is 0.263 e. The fourth-order valence-corrected chi connectivity index (χ4v) is 2.12. The van der Waals surface area contributed by atoms with Crippen LogP contribution in [0.4, 0.5) is 5.69 Å². The number of ether oxygens (including phenoxy) is 2. The van der Waals surface area contributed by atoms with Gasteiger partial charge in [0.1, 0.15) is 5.75 Å². The molecule has 1 atom stereocenters. The summed E-state index contributed by atoms with van der Waals surface area (Å²) < 4.78 is 10.8. The zero-order valence-corrected chi connectivity index (χ0v) is 11.9. The molecule has 0 bridgehead atoms. The summed E-state index contributed by atoms with van der Waals surface area (Å²) in [6.45, 7) is 3.76. The molecular formula is C14H19N3O4. The zero-order valence-electron chi connectivity index (χ0n) is 11.9. The molecule has 1 fully saturated rings. The molecule has 1 saturated heterocycles. The first-order chi connectivity index (χ1) is 9.99. The van der Waals surface area contributed by atoms with Crippen molar-refractivity contribution in [3.8, 4) is 5.75 Å². The lowest BCUT2D eigenvalue weighted by Crippen LogP contribution is -2.46. The van der Waals surface area contributed by atoms with Gasteiger partial charge < -0.3 is 25.8 Å². The Balaban J connectivity index is 2.10. The van der Waals surface area contributed by atoms with Gasteiger partial charge in [-0.2, -0.15) is 0 Å². The second-order valence-electron chi connectivity index (χ2n) is 4.82. The van der Waals surface area contributed by atoms with Crippen molar-refractivity contribution in [1.29, 1.82) is 0 Å². The van der Waals surface area contributed by atoms with Crippen molar-refractivity contribution in [2.24, 2.45) is 5.73 Å². The van der Waals surface area contributed by atoms with E-state index < -0.39 is 12.0 Å². The number of anilines is 1. The van der Waals surface area contributed by atoms with Gasteiger partial charge in [-0.3, -0.25) is 9.59 Å². The highest BCUT2D eigenvalue weighted by molar-refractivity contribution is 5.96. The lowest BCUT2D eigenvalue weighted by molar-refractivity contribution is -0.142. The molecule has 21 heavy (non-hydrogen) atoms. The average Bonchev–Trinajstić information content (AvgIpc) is 2.49. The first-order valence-electron chi connectivity index (χ1n) is 6.71.